The second-order valence-electron chi connectivity index (χ2n) is 18.4. The third-order valence-electron chi connectivity index (χ3n) is 13.1. The van der Waals surface area contributed by atoms with Crippen LogP contribution in [0.2, 0.25) is 5.15 Å². The molecule has 6 N–H and O–H groups in total. The van der Waals surface area contributed by atoms with Crippen molar-refractivity contribution in [2.24, 2.45) is 0 Å². The molecule has 0 bridgehead atoms. The first kappa shape index (κ1) is 65.9. The zero-order valence-electron chi connectivity index (χ0n) is 49.8. The van der Waals surface area contributed by atoms with Gasteiger partial charge in [-0.05, 0) is 113 Å². The number of rotatable bonds is 29. The van der Waals surface area contributed by atoms with Gasteiger partial charge < -0.3 is 74.0 Å². The highest BCUT2D eigenvalue weighted by Crippen LogP contribution is 2.33. The van der Waals surface area contributed by atoms with Gasteiger partial charge in [0, 0.05) is 122 Å². The fourth-order valence-electron chi connectivity index (χ4n) is 9.10. The summed E-state index contributed by atoms with van der Waals surface area (Å²) in [6, 6.07) is 33.8. The summed E-state index contributed by atoms with van der Waals surface area (Å²) in [5.41, 5.74) is 12.0. The van der Waals surface area contributed by atoms with E-state index in [1.54, 1.807) is 97.8 Å². The Morgan fingerprint density at radius 1 is 0.553 bits per heavy atom. The Bertz CT molecular complexity index is 3380. The van der Waals surface area contributed by atoms with E-state index >= 15 is 0 Å². The average Bonchev–Trinajstić information content (AvgIpc) is 3.65. The number of H-pyrrole nitrogens is 1. The minimum Gasteiger partial charge on any atom is -0.497 e. The summed E-state index contributed by atoms with van der Waals surface area (Å²) in [4.78, 5) is 27.0. The lowest BCUT2D eigenvalue weighted by molar-refractivity contribution is -0.239. The maximum Gasteiger partial charge on any atom is 0.330 e. The Morgan fingerprint density at radius 3 is 1.46 bits per heavy atom. The molecule has 0 saturated carbocycles. The second kappa shape index (κ2) is 33.3. The van der Waals surface area contributed by atoms with E-state index in [0.717, 1.165) is 67.9 Å². The minimum atomic E-state index is -1.000. The largest absolute Gasteiger partial charge is 0.497 e. The molecule has 0 aliphatic heterocycles. The average molecular weight is 1190 g/mol. The number of nitrogens with zero attached hydrogens (tertiary/aromatic N) is 4. The topological polar surface area (TPSA) is 231 Å². The first-order chi connectivity index (χ1) is 41.2. The summed E-state index contributed by atoms with van der Waals surface area (Å²) < 4.78 is 71.3. The Labute approximate surface area is 501 Å². The molecular formula is C63H77ClFN9O11. The number of anilines is 2. The molecule has 8 rings (SSSR count). The predicted molar refractivity (Wildman–Crippen MR) is 327 cm³/mol. The predicted octanol–water partition coefficient (Wildman–Crippen LogP) is 10.5. The number of hydrogen-bond donors (Lipinski definition) is 5. The summed E-state index contributed by atoms with van der Waals surface area (Å²) in [7, 11) is 9.83. The molecule has 0 aliphatic rings. The van der Waals surface area contributed by atoms with Crippen molar-refractivity contribution < 1.29 is 51.8 Å². The van der Waals surface area contributed by atoms with E-state index in [1.807, 2.05) is 100 Å². The SMILES string of the molecule is CCOC(CNCc1ccc(OC)cc1OC)(OCC)c1ccnc(Cl)c1.CCOC(CNCc1ccc(OC)cc1OC)(OCC)c1ccnc(NCc2ccc(OC)cc2OC)c1.Nc1cc(-c2c[nH]c(=O)n2-c2ccc(F)cc2)ccn1. The van der Waals surface area contributed by atoms with Gasteiger partial charge in [0.1, 0.15) is 57.1 Å². The zero-order valence-corrected chi connectivity index (χ0v) is 50.5. The first-order valence-electron chi connectivity index (χ1n) is 27.5. The fourth-order valence-corrected chi connectivity index (χ4v) is 9.27. The highest BCUT2D eigenvalue weighted by molar-refractivity contribution is 6.29. The van der Waals surface area contributed by atoms with Gasteiger partial charge in [-0.2, -0.15) is 0 Å². The number of nitrogen functional groups attached to an aromatic ring is 1. The van der Waals surface area contributed by atoms with Crippen molar-refractivity contribution in [1.29, 1.82) is 0 Å². The Balaban J connectivity index is 0.000000215. The highest BCUT2D eigenvalue weighted by atomic mass is 35.5. The molecule has 4 aromatic heterocycles. The van der Waals surface area contributed by atoms with E-state index in [4.69, 9.17) is 64.7 Å². The van der Waals surface area contributed by atoms with Crippen molar-refractivity contribution in [3.05, 3.63) is 189 Å². The summed E-state index contributed by atoms with van der Waals surface area (Å²) >= 11 is 6.08. The third kappa shape index (κ3) is 18.1. The van der Waals surface area contributed by atoms with Crippen LogP contribution in [-0.2, 0) is 50.2 Å². The van der Waals surface area contributed by atoms with Gasteiger partial charge in [0.05, 0.1) is 67.1 Å². The number of hydrogen-bond acceptors (Lipinski definition) is 18. The maximum absolute atomic E-state index is 13.0. The van der Waals surface area contributed by atoms with Crippen LogP contribution in [-0.4, -0.2) is 107 Å². The van der Waals surface area contributed by atoms with E-state index in [9.17, 15) is 9.18 Å². The van der Waals surface area contributed by atoms with Crippen LogP contribution >= 0.6 is 11.6 Å². The smallest absolute Gasteiger partial charge is 0.330 e. The van der Waals surface area contributed by atoms with E-state index in [1.165, 1.54) is 16.7 Å². The quantitative estimate of drug-likeness (QED) is 0.0217. The fraction of sp³-hybridized carbons (Fsp3) is 0.333. The molecule has 0 atom stereocenters. The Kier molecular flexibility index (Phi) is 25.8. The number of nitrogens with one attached hydrogen (secondary N) is 4. The van der Waals surface area contributed by atoms with Gasteiger partial charge in [0.15, 0.2) is 0 Å². The van der Waals surface area contributed by atoms with E-state index in [-0.39, 0.29) is 11.5 Å². The summed E-state index contributed by atoms with van der Waals surface area (Å²) in [6.07, 6.45) is 6.55. The van der Waals surface area contributed by atoms with Crippen molar-refractivity contribution >= 4 is 23.2 Å². The van der Waals surface area contributed by atoms with Gasteiger partial charge in [-0.25, -0.2) is 24.1 Å². The van der Waals surface area contributed by atoms with Crippen molar-refractivity contribution in [1.82, 2.24) is 35.1 Å². The molecule has 0 unspecified atom stereocenters. The molecule has 4 heterocycles. The molecule has 0 aliphatic carbocycles. The molecule has 0 spiro atoms. The second-order valence-corrected chi connectivity index (χ2v) is 18.8. The molecule has 8 aromatic rings. The number of halogens is 2. The number of benzene rings is 4. The number of methoxy groups -OCH3 is 6. The van der Waals surface area contributed by atoms with E-state index in [0.29, 0.717) is 87.3 Å². The summed E-state index contributed by atoms with van der Waals surface area (Å²) in [5.74, 6) is 3.23. The number of aromatic nitrogens is 5. The summed E-state index contributed by atoms with van der Waals surface area (Å²) in [5, 5.41) is 10.7. The van der Waals surface area contributed by atoms with Crippen molar-refractivity contribution in [2.45, 2.75) is 58.9 Å². The molecule has 0 radical (unpaired) electrons. The number of imidazole rings is 1. The van der Waals surface area contributed by atoms with Crippen LogP contribution < -0.4 is 55.8 Å². The number of ether oxygens (including phenoxy) is 10. The van der Waals surface area contributed by atoms with Crippen LogP contribution in [0.5, 0.6) is 34.5 Å². The van der Waals surface area contributed by atoms with Gasteiger partial charge in [-0.1, -0.05) is 23.7 Å². The van der Waals surface area contributed by atoms with Crippen LogP contribution in [0.4, 0.5) is 16.0 Å². The lowest BCUT2D eigenvalue weighted by Crippen LogP contribution is -2.43. The molecule has 454 valence electrons. The van der Waals surface area contributed by atoms with Crippen molar-refractivity contribution in [3.63, 3.8) is 0 Å². The van der Waals surface area contributed by atoms with Gasteiger partial charge in [0.25, 0.3) is 0 Å². The number of aromatic amines is 1. The van der Waals surface area contributed by atoms with E-state index < -0.39 is 11.6 Å². The molecule has 4 aromatic carbocycles. The molecule has 85 heavy (non-hydrogen) atoms. The lowest BCUT2D eigenvalue weighted by Gasteiger charge is -2.34. The van der Waals surface area contributed by atoms with Gasteiger partial charge >= 0.3 is 5.69 Å². The van der Waals surface area contributed by atoms with Crippen LogP contribution in [0, 0.1) is 5.82 Å². The Hall–Kier alpha value is -8.28. The van der Waals surface area contributed by atoms with Crippen LogP contribution in [0.25, 0.3) is 16.9 Å². The zero-order chi connectivity index (χ0) is 61.2. The molecule has 0 fully saturated rings. The van der Waals surface area contributed by atoms with Crippen LogP contribution in [0.3, 0.4) is 0 Å². The standard InChI is InChI=1S/C29H39N3O6.C20H27ClN2O4.C14H11FN4O/c1-7-37-29(38-8-2,20-30-18-21-9-11-24(33-3)16-26(21)35-5)23-13-14-31-28(15-23)32-19-22-10-12-25(34-4)17-27(22)36-6;1-5-26-20(27-6-2,16-9-10-23-19(21)11-16)14-22-13-15-7-8-17(24-3)12-18(15)25-4;15-10-1-3-11(4-2-10)19-12(8-18-14(19)20)9-5-6-17-13(16)7-9/h9-17,30H,7-8,18-20H2,1-6H3,(H,31,32);7-12,22H,5-6,13-14H2,1-4H3;1-8H,(H2,16,17)(H,18,20). The number of nitrogens with two attached hydrogens (primary N) is 1. The monoisotopic (exact) mass is 1190 g/mol. The molecule has 0 amide bonds. The first-order valence-corrected chi connectivity index (χ1v) is 27.8. The highest BCUT2D eigenvalue weighted by Gasteiger charge is 2.35. The Morgan fingerprint density at radius 2 is 1.01 bits per heavy atom. The normalized spacial score (nSPS) is 11.2. The molecule has 0 saturated heterocycles. The van der Waals surface area contributed by atoms with Crippen LogP contribution in [0.15, 0.2) is 145 Å². The number of pyridine rings is 3. The molecule has 22 heteroatoms. The maximum atomic E-state index is 13.0. The molecule has 20 nitrogen and oxygen atoms in total. The van der Waals surface area contributed by atoms with E-state index in [2.05, 4.69) is 35.9 Å². The van der Waals surface area contributed by atoms with Gasteiger partial charge in [-0.3, -0.25) is 4.57 Å². The summed E-state index contributed by atoms with van der Waals surface area (Å²) in [6.45, 7) is 12.2. The molecular weight excluding hydrogens is 1110 g/mol. The lowest BCUT2D eigenvalue weighted by atomic mass is 10.1. The van der Waals surface area contributed by atoms with Crippen molar-refractivity contribution in [3.8, 4) is 51.4 Å². The third-order valence-corrected chi connectivity index (χ3v) is 13.3. The van der Waals surface area contributed by atoms with Crippen molar-refractivity contribution in [2.75, 3.05) is 93.2 Å². The van der Waals surface area contributed by atoms with Gasteiger partial charge in [-0.15, -0.1) is 0 Å². The van der Waals surface area contributed by atoms with Gasteiger partial charge in [0.2, 0.25) is 11.6 Å². The van der Waals surface area contributed by atoms with Crippen LogP contribution in [0.1, 0.15) is 55.5 Å². The minimum absolute atomic E-state index is 0.304.